The Morgan fingerprint density at radius 1 is 1.25 bits per heavy atom. The average molecular weight is 471 g/mol. The Bertz CT molecular complexity index is 1230. The van der Waals surface area contributed by atoms with Crippen LogP contribution in [0.2, 0.25) is 5.02 Å². The summed E-state index contributed by atoms with van der Waals surface area (Å²) < 4.78 is 5.10. The van der Waals surface area contributed by atoms with Crippen LogP contribution in [-0.4, -0.2) is 28.9 Å². The molecule has 0 fully saturated rings. The first-order valence-corrected chi connectivity index (χ1v) is 11.1. The molecule has 4 rings (SSSR count). The summed E-state index contributed by atoms with van der Waals surface area (Å²) in [7, 11) is 1.55. The number of H-pyrrole nitrogens is 1. The fraction of sp³-hybridized carbons (Fsp3) is 0.182. The zero-order valence-electron chi connectivity index (χ0n) is 17.0. The van der Waals surface area contributed by atoms with Gasteiger partial charge in [0.05, 0.1) is 18.6 Å². The van der Waals surface area contributed by atoms with Gasteiger partial charge in [-0.1, -0.05) is 35.5 Å². The predicted octanol–water partition coefficient (Wildman–Crippen LogP) is 3.79. The van der Waals surface area contributed by atoms with Gasteiger partial charge in [0.2, 0.25) is 11.8 Å². The maximum atomic E-state index is 12.9. The van der Waals surface area contributed by atoms with E-state index in [2.05, 4.69) is 20.6 Å². The number of carbonyl (C=O) groups is 2. The summed E-state index contributed by atoms with van der Waals surface area (Å²) in [6.45, 7) is 0. The number of aromatic nitrogens is 2. The Hall–Kier alpha value is -3.30. The molecule has 3 N–H and O–H groups in total. The molecule has 2 amide bonds. The van der Waals surface area contributed by atoms with Crippen molar-refractivity contribution in [3.05, 3.63) is 75.0 Å². The smallest absolute Gasteiger partial charge is 0.257 e. The van der Waals surface area contributed by atoms with E-state index in [1.54, 1.807) is 37.4 Å². The molecule has 2 aromatic carbocycles. The van der Waals surface area contributed by atoms with Gasteiger partial charge in [0.25, 0.3) is 5.56 Å². The highest BCUT2D eigenvalue weighted by atomic mass is 35.5. The lowest BCUT2D eigenvalue weighted by Crippen LogP contribution is -2.36. The minimum absolute atomic E-state index is 0.105. The Balaban J connectivity index is 1.55. The first-order valence-electron chi connectivity index (χ1n) is 9.69. The van der Waals surface area contributed by atoms with Gasteiger partial charge in [-0.15, -0.1) is 0 Å². The third kappa shape index (κ3) is 4.95. The van der Waals surface area contributed by atoms with Crippen molar-refractivity contribution in [3.63, 3.8) is 0 Å². The first-order chi connectivity index (χ1) is 15.4. The highest BCUT2D eigenvalue weighted by molar-refractivity contribution is 7.98. The molecule has 3 aromatic rings. The molecule has 1 unspecified atom stereocenters. The lowest BCUT2D eigenvalue weighted by Gasteiger charge is -2.23. The highest BCUT2D eigenvalue weighted by Crippen LogP contribution is 2.31. The van der Waals surface area contributed by atoms with Gasteiger partial charge >= 0.3 is 0 Å². The number of amides is 2. The van der Waals surface area contributed by atoms with Crippen LogP contribution in [0, 0.1) is 0 Å². The topological polar surface area (TPSA) is 113 Å². The van der Waals surface area contributed by atoms with Gasteiger partial charge in [0.15, 0.2) is 5.16 Å². The molecule has 32 heavy (non-hydrogen) atoms. The van der Waals surface area contributed by atoms with Gasteiger partial charge in [-0.2, -0.15) is 0 Å². The van der Waals surface area contributed by atoms with E-state index in [9.17, 15) is 14.4 Å². The second-order valence-electron chi connectivity index (χ2n) is 7.07. The number of nitrogens with one attached hydrogen (secondary N) is 3. The standard InChI is InChI=1S/C22H19ClN4O4S/c1-31-15-7-5-14(6-8-15)24-20(29)16-10-17(28)25-19-18(16)21(30)27-22(26-19)32-11-12-3-2-4-13(23)9-12/h2-9,16H,10-11H2,1H3,(H,24,29)(H2,25,26,27,28,30). The van der Waals surface area contributed by atoms with Crippen LogP contribution in [0.5, 0.6) is 5.75 Å². The average Bonchev–Trinajstić information content (AvgIpc) is 2.77. The number of hydrogen-bond donors (Lipinski definition) is 3. The van der Waals surface area contributed by atoms with Crippen LogP contribution >= 0.6 is 23.4 Å². The summed E-state index contributed by atoms with van der Waals surface area (Å²) in [5, 5.41) is 6.31. The van der Waals surface area contributed by atoms with Crippen molar-refractivity contribution in [1.82, 2.24) is 9.97 Å². The molecule has 164 valence electrons. The van der Waals surface area contributed by atoms with Gasteiger partial charge in [-0.25, -0.2) is 4.98 Å². The number of halogens is 1. The normalized spacial score (nSPS) is 14.9. The minimum atomic E-state index is -0.955. The summed E-state index contributed by atoms with van der Waals surface area (Å²) in [5.74, 6) is -0.516. The quantitative estimate of drug-likeness (QED) is 0.373. The van der Waals surface area contributed by atoms with E-state index in [0.29, 0.717) is 27.4 Å². The summed E-state index contributed by atoms with van der Waals surface area (Å²) >= 11 is 7.30. The third-order valence-corrected chi connectivity index (χ3v) is 6.05. The summed E-state index contributed by atoms with van der Waals surface area (Å²) in [5.41, 5.74) is 1.17. The number of benzene rings is 2. The van der Waals surface area contributed by atoms with E-state index in [0.717, 1.165) is 5.56 Å². The van der Waals surface area contributed by atoms with Crippen molar-refractivity contribution in [2.45, 2.75) is 23.2 Å². The predicted molar refractivity (Wildman–Crippen MR) is 123 cm³/mol. The largest absolute Gasteiger partial charge is 0.497 e. The molecule has 8 nitrogen and oxygen atoms in total. The van der Waals surface area contributed by atoms with Crippen molar-refractivity contribution in [1.29, 1.82) is 0 Å². The first kappa shape index (κ1) is 21.9. The Morgan fingerprint density at radius 2 is 2.03 bits per heavy atom. The molecule has 1 atom stereocenters. The van der Waals surface area contributed by atoms with E-state index in [1.165, 1.54) is 11.8 Å². The molecule has 2 heterocycles. The summed E-state index contributed by atoms with van der Waals surface area (Å²) in [6, 6.07) is 14.1. The fourth-order valence-electron chi connectivity index (χ4n) is 3.33. The zero-order valence-corrected chi connectivity index (χ0v) is 18.5. The monoisotopic (exact) mass is 470 g/mol. The van der Waals surface area contributed by atoms with Crippen molar-refractivity contribution in [2.75, 3.05) is 17.7 Å². The highest BCUT2D eigenvalue weighted by Gasteiger charge is 2.34. The molecule has 0 saturated heterocycles. The van der Waals surface area contributed by atoms with Crippen LogP contribution in [0.1, 0.15) is 23.5 Å². The fourth-order valence-corrected chi connectivity index (χ4v) is 4.34. The van der Waals surface area contributed by atoms with Crippen LogP contribution in [0.3, 0.4) is 0 Å². The van der Waals surface area contributed by atoms with Gasteiger partial charge in [0, 0.05) is 22.9 Å². The van der Waals surface area contributed by atoms with E-state index >= 15 is 0 Å². The Morgan fingerprint density at radius 3 is 2.75 bits per heavy atom. The maximum absolute atomic E-state index is 12.9. The number of carbonyl (C=O) groups excluding carboxylic acids is 2. The zero-order chi connectivity index (χ0) is 22.7. The van der Waals surface area contributed by atoms with E-state index in [4.69, 9.17) is 16.3 Å². The number of ether oxygens (including phenoxy) is 1. The number of nitrogens with zero attached hydrogens (tertiary/aromatic N) is 1. The molecule has 10 heteroatoms. The molecule has 0 spiro atoms. The third-order valence-electron chi connectivity index (χ3n) is 4.87. The second kappa shape index (κ2) is 9.46. The molecule has 0 saturated carbocycles. The van der Waals surface area contributed by atoms with Crippen LogP contribution in [0.15, 0.2) is 58.5 Å². The molecular weight excluding hydrogens is 452 g/mol. The molecule has 0 bridgehead atoms. The molecule has 0 radical (unpaired) electrons. The van der Waals surface area contributed by atoms with Crippen LogP contribution < -0.4 is 20.9 Å². The number of thioether (sulfide) groups is 1. The molecular formula is C22H19ClN4O4S. The van der Waals surface area contributed by atoms with Crippen LogP contribution in [0.25, 0.3) is 0 Å². The number of fused-ring (bicyclic) bond motifs is 1. The number of anilines is 2. The van der Waals surface area contributed by atoms with Crippen molar-refractivity contribution in [2.24, 2.45) is 0 Å². The SMILES string of the molecule is COc1ccc(NC(=O)C2CC(=O)Nc3nc(SCc4cccc(Cl)c4)[nH]c(=O)c32)cc1. The van der Waals surface area contributed by atoms with Crippen molar-refractivity contribution in [3.8, 4) is 5.75 Å². The van der Waals surface area contributed by atoms with Gasteiger partial charge in [-0.05, 0) is 42.0 Å². The molecule has 1 aliphatic rings. The van der Waals surface area contributed by atoms with Gasteiger partial charge in [-0.3, -0.25) is 14.4 Å². The second-order valence-corrected chi connectivity index (χ2v) is 8.48. The minimum Gasteiger partial charge on any atom is -0.497 e. The molecule has 1 aliphatic heterocycles. The lowest BCUT2D eigenvalue weighted by molar-refractivity contribution is -0.123. The van der Waals surface area contributed by atoms with Crippen LogP contribution in [0.4, 0.5) is 11.5 Å². The number of aromatic amines is 1. The molecule has 1 aromatic heterocycles. The maximum Gasteiger partial charge on any atom is 0.257 e. The summed E-state index contributed by atoms with van der Waals surface area (Å²) in [6.07, 6.45) is -0.144. The van der Waals surface area contributed by atoms with Crippen LogP contribution in [-0.2, 0) is 15.3 Å². The lowest BCUT2D eigenvalue weighted by atomic mass is 9.92. The van der Waals surface area contributed by atoms with Crippen molar-refractivity contribution < 1.29 is 14.3 Å². The van der Waals surface area contributed by atoms with E-state index in [-0.39, 0.29) is 23.7 Å². The van der Waals surface area contributed by atoms with E-state index < -0.39 is 17.4 Å². The van der Waals surface area contributed by atoms with Gasteiger partial charge < -0.3 is 20.4 Å². The number of hydrogen-bond acceptors (Lipinski definition) is 6. The van der Waals surface area contributed by atoms with Gasteiger partial charge in [0.1, 0.15) is 11.6 Å². The Kier molecular flexibility index (Phi) is 6.48. The number of methoxy groups -OCH3 is 1. The van der Waals surface area contributed by atoms with E-state index in [1.807, 2.05) is 18.2 Å². The molecule has 0 aliphatic carbocycles. The number of rotatable bonds is 6. The Labute approximate surface area is 192 Å². The van der Waals surface area contributed by atoms with Crippen molar-refractivity contribution >= 4 is 46.7 Å². The summed E-state index contributed by atoms with van der Waals surface area (Å²) in [4.78, 5) is 45.0.